The summed E-state index contributed by atoms with van der Waals surface area (Å²) in [5.41, 5.74) is 2.92. The number of pyridine rings is 1. The molecule has 0 radical (unpaired) electrons. The van der Waals surface area contributed by atoms with Crippen molar-refractivity contribution >= 4 is 0 Å². The summed E-state index contributed by atoms with van der Waals surface area (Å²) in [6.07, 6.45) is 6.31. The summed E-state index contributed by atoms with van der Waals surface area (Å²) in [7, 11) is 0. The summed E-state index contributed by atoms with van der Waals surface area (Å²) in [6.45, 7) is 1.47. The normalized spacial score (nSPS) is 19.5. The van der Waals surface area contributed by atoms with Crippen molar-refractivity contribution < 1.29 is 9.47 Å². The molecule has 19 heavy (non-hydrogen) atoms. The lowest BCUT2D eigenvalue weighted by Gasteiger charge is -2.24. The van der Waals surface area contributed by atoms with E-state index in [2.05, 4.69) is 11.1 Å². The van der Waals surface area contributed by atoms with E-state index in [0.717, 1.165) is 44.6 Å². The van der Waals surface area contributed by atoms with Gasteiger partial charge in [-0.25, -0.2) is 4.98 Å². The number of nitriles is 1. The minimum Gasteiger partial charge on any atom is -0.473 e. The second-order valence-electron chi connectivity index (χ2n) is 5.20. The average molecular weight is 258 g/mol. The molecular formula is C15H18N2O2. The second kappa shape index (κ2) is 5.58. The number of ether oxygens (including phenoxy) is 2. The molecule has 4 nitrogen and oxygen atoms in total. The predicted molar refractivity (Wildman–Crippen MR) is 70.1 cm³/mol. The number of fused-ring (bicyclic) bond motifs is 1. The summed E-state index contributed by atoms with van der Waals surface area (Å²) >= 11 is 0. The highest BCUT2D eigenvalue weighted by atomic mass is 16.5. The monoisotopic (exact) mass is 258 g/mol. The molecule has 1 aromatic rings. The molecular weight excluding hydrogens is 240 g/mol. The number of hydrogen-bond donors (Lipinski definition) is 0. The molecule has 1 aromatic heterocycles. The number of hydrogen-bond acceptors (Lipinski definition) is 4. The third-order valence-corrected chi connectivity index (χ3v) is 3.83. The van der Waals surface area contributed by atoms with Gasteiger partial charge in [-0.2, -0.15) is 5.26 Å². The standard InChI is InChI=1S/C15H18N2O2/c16-10-12-9-11-3-1-2-4-14(11)17-15(12)19-13-5-7-18-8-6-13/h9,13H,1-8H2. The zero-order chi connectivity index (χ0) is 13.1. The van der Waals surface area contributed by atoms with Crippen LogP contribution in [-0.2, 0) is 17.6 Å². The van der Waals surface area contributed by atoms with Gasteiger partial charge >= 0.3 is 0 Å². The van der Waals surface area contributed by atoms with Gasteiger partial charge in [-0.1, -0.05) is 0 Å². The zero-order valence-corrected chi connectivity index (χ0v) is 11.0. The largest absolute Gasteiger partial charge is 0.473 e. The van der Waals surface area contributed by atoms with E-state index in [1.165, 1.54) is 18.4 Å². The second-order valence-corrected chi connectivity index (χ2v) is 5.20. The summed E-state index contributed by atoms with van der Waals surface area (Å²) in [5.74, 6) is 0.523. The van der Waals surface area contributed by atoms with E-state index in [0.29, 0.717) is 11.4 Å². The van der Waals surface area contributed by atoms with Crippen LogP contribution >= 0.6 is 0 Å². The molecule has 1 saturated heterocycles. The molecule has 0 atom stereocenters. The molecule has 0 bridgehead atoms. The first kappa shape index (κ1) is 12.4. The molecule has 0 spiro atoms. The van der Waals surface area contributed by atoms with Gasteiger partial charge < -0.3 is 9.47 Å². The molecule has 4 heteroatoms. The molecule has 1 fully saturated rings. The van der Waals surface area contributed by atoms with E-state index in [4.69, 9.17) is 9.47 Å². The number of aromatic nitrogens is 1. The highest BCUT2D eigenvalue weighted by Gasteiger charge is 2.20. The number of aryl methyl sites for hydroxylation is 2. The topological polar surface area (TPSA) is 55.1 Å². The SMILES string of the molecule is N#Cc1cc2c(nc1OC1CCOCC1)CCCC2. The molecule has 0 amide bonds. The van der Waals surface area contributed by atoms with Gasteiger partial charge in [-0.3, -0.25) is 0 Å². The van der Waals surface area contributed by atoms with Crippen molar-refractivity contribution in [2.24, 2.45) is 0 Å². The minimum atomic E-state index is 0.134. The number of nitrogens with zero attached hydrogens (tertiary/aromatic N) is 2. The summed E-state index contributed by atoms with van der Waals surface area (Å²) in [4.78, 5) is 4.59. The Kier molecular flexibility index (Phi) is 3.65. The Labute approximate surface area is 113 Å². The van der Waals surface area contributed by atoms with Crippen LogP contribution < -0.4 is 4.74 Å². The fourth-order valence-corrected chi connectivity index (χ4v) is 2.74. The summed E-state index contributed by atoms with van der Waals surface area (Å²) in [6, 6.07) is 4.18. The molecule has 1 aliphatic carbocycles. The third kappa shape index (κ3) is 2.71. The Morgan fingerprint density at radius 2 is 2.05 bits per heavy atom. The highest BCUT2D eigenvalue weighted by molar-refractivity contribution is 5.43. The van der Waals surface area contributed by atoms with Crippen LogP contribution in [0.15, 0.2) is 6.07 Å². The molecule has 0 unspecified atom stereocenters. The van der Waals surface area contributed by atoms with Crippen molar-refractivity contribution in [1.29, 1.82) is 5.26 Å². The number of rotatable bonds is 2. The van der Waals surface area contributed by atoms with Crippen molar-refractivity contribution in [3.63, 3.8) is 0 Å². The van der Waals surface area contributed by atoms with Gasteiger partial charge in [0.1, 0.15) is 17.7 Å². The van der Waals surface area contributed by atoms with Crippen molar-refractivity contribution in [2.75, 3.05) is 13.2 Å². The minimum absolute atomic E-state index is 0.134. The van der Waals surface area contributed by atoms with E-state index in [1.54, 1.807) is 0 Å². The first-order valence-corrected chi connectivity index (χ1v) is 7.04. The van der Waals surface area contributed by atoms with Crippen LogP contribution in [0.5, 0.6) is 5.88 Å². The van der Waals surface area contributed by atoms with E-state index in [9.17, 15) is 5.26 Å². The lowest BCUT2D eigenvalue weighted by atomic mass is 9.95. The molecule has 1 aliphatic heterocycles. The predicted octanol–water partition coefficient (Wildman–Crippen LogP) is 2.39. The van der Waals surface area contributed by atoms with Gasteiger partial charge in [0.05, 0.1) is 13.2 Å². The maximum Gasteiger partial charge on any atom is 0.232 e. The van der Waals surface area contributed by atoms with Crippen molar-refractivity contribution in [2.45, 2.75) is 44.6 Å². The average Bonchev–Trinajstić information content (AvgIpc) is 2.47. The Hall–Kier alpha value is -1.60. The van der Waals surface area contributed by atoms with E-state index in [1.807, 2.05) is 6.07 Å². The maximum atomic E-state index is 9.25. The quantitative estimate of drug-likeness (QED) is 0.817. The molecule has 0 N–H and O–H groups in total. The van der Waals surface area contributed by atoms with Crippen LogP contribution in [0.2, 0.25) is 0 Å². The Morgan fingerprint density at radius 3 is 2.84 bits per heavy atom. The fourth-order valence-electron chi connectivity index (χ4n) is 2.74. The van der Waals surface area contributed by atoms with E-state index < -0.39 is 0 Å². The van der Waals surface area contributed by atoms with E-state index >= 15 is 0 Å². The summed E-state index contributed by atoms with van der Waals surface area (Å²) in [5, 5.41) is 9.25. The van der Waals surface area contributed by atoms with Crippen LogP contribution in [0.1, 0.15) is 42.5 Å². The van der Waals surface area contributed by atoms with Gasteiger partial charge in [0.2, 0.25) is 5.88 Å². The van der Waals surface area contributed by atoms with Crippen LogP contribution in [0.4, 0.5) is 0 Å². The van der Waals surface area contributed by atoms with Crippen molar-refractivity contribution in [3.05, 3.63) is 22.9 Å². The molecule has 2 aliphatic rings. The van der Waals surface area contributed by atoms with Gasteiger partial charge in [0.15, 0.2) is 0 Å². The molecule has 2 heterocycles. The Balaban J connectivity index is 1.84. The molecule has 0 aromatic carbocycles. The lowest BCUT2D eigenvalue weighted by Crippen LogP contribution is -2.26. The first-order valence-electron chi connectivity index (χ1n) is 7.04. The lowest BCUT2D eigenvalue weighted by molar-refractivity contribution is 0.0235. The zero-order valence-electron chi connectivity index (χ0n) is 11.0. The molecule has 100 valence electrons. The third-order valence-electron chi connectivity index (χ3n) is 3.83. The Morgan fingerprint density at radius 1 is 1.26 bits per heavy atom. The van der Waals surface area contributed by atoms with Gasteiger partial charge in [0.25, 0.3) is 0 Å². The smallest absolute Gasteiger partial charge is 0.232 e. The van der Waals surface area contributed by atoms with E-state index in [-0.39, 0.29) is 6.10 Å². The van der Waals surface area contributed by atoms with Crippen molar-refractivity contribution in [3.8, 4) is 11.9 Å². The maximum absolute atomic E-state index is 9.25. The fraction of sp³-hybridized carbons (Fsp3) is 0.600. The van der Waals surface area contributed by atoms with Crippen LogP contribution in [0.3, 0.4) is 0 Å². The first-order chi connectivity index (χ1) is 9.36. The van der Waals surface area contributed by atoms with Gasteiger partial charge in [-0.05, 0) is 37.3 Å². The molecule has 3 rings (SSSR count). The van der Waals surface area contributed by atoms with Crippen LogP contribution in [0.25, 0.3) is 0 Å². The molecule has 0 saturated carbocycles. The van der Waals surface area contributed by atoms with Crippen LogP contribution in [-0.4, -0.2) is 24.3 Å². The van der Waals surface area contributed by atoms with Gasteiger partial charge in [0, 0.05) is 18.5 Å². The van der Waals surface area contributed by atoms with Gasteiger partial charge in [-0.15, -0.1) is 0 Å². The van der Waals surface area contributed by atoms with Crippen LogP contribution in [0, 0.1) is 11.3 Å². The Bertz CT molecular complexity index is 502. The summed E-state index contributed by atoms with van der Waals surface area (Å²) < 4.78 is 11.2. The highest BCUT2D eigenvalue weighted by Crippen LogP contribution is 2.27. The van der Waals surface area contributed by atoms with Crippen molar-refractivity contribution in [1.82, 2.24) is 4.98 Å².